The highest BCUT2D eigenvalue weighted by Crippen LogP contribution is 2.31. The fraction of sp³-hybridized carbons (Fsp3) is 0.484. The summed E-state index contributed by atoms with van der Waals surface area (Å²) in [6, 6.07) is 14.0. The first-order valence-corrected chi connectivity index (χ1v) is 12.9. The molecule has 0 heterocycles. The quantitative estimate of drug-likeness (QED) is 0.285. The molecule has 0 aromatic heterocycles. The zero-order chi connectivity index (χ0) is 27.0. The molecule has 5 heteroatoms. The molecule has 0 fully saturated rings. The zero-order valence-electron chi connectivity index (χ0n) is 23.6. The Morgan fingerprint density at radius 2 is 1.61 bits per heavy atom. The summed E-state index contributed by atoms with van der Waals surface area (Å²) in [5.41, 5.74) is 4.94. The fourth-order valence-corrected chi connectivity index (χ4v) is 4.08. The van der Waals surface area contributed by atoms with E-state index in [1.165, 1.54) is 6.08 Å². The van der Waals surface area contributed by atoms with Crippen LogP contribution in [-0.2, 0) is 20.7 Å². The van der Waals surface area contributed by atoms with Crippen molar-refractivity contribution in [3.05, 3.63) is 65.2 Å². The Morgan fingerprint density at radius 3 is 2.17 bits per heavy atom. The third-order valence-corrected chi connectivity index (χ3v) is 5.59. The molecule has 0 aliphatic carbocycles. The first kappa shape index (κ1) is 29.2. The second-order valence-corrected chi connectivity index (χ2v) is 11.4. The summed E-state index contributed by atoms with van der Waals surface area (Å²) in [4.78, 5) is 27.9. The van der Waals surface area contributed by atoms with Gasteiger partial charge in [-0.05, 0) is 80.9 Å². The van der Waals surface area contributed by atoms with E-state index in [-0.39, 0.29) is 11.9 Å². The molecular weight excluding hydrogens is 448 g/mol. The highest BCUT2D eigenvalue weighted by molar-refractivity contribution is 5.97. The van der Waals surface area contributed by atoms with Crippen molar-refractivity contribution in [1.82, 2.24) is 0 Å². The number of anilines is 2. The Bertz CT molecular complexity index is 1070. The van der Waals surface area contributed by atoms with Crippen molar-refractivity contribution in [2.24, 2.45) is 11.8 Å². The average Bonchev–Trinajstić information content (AvgIpc) is 2.72. The molecule has 0 saturated carbocycles. The average molecular weight is 493 g/mol. The Hall–Kier alpha value is -3.08. The van der Waals surface area contributed by atoms with Crippen LogP contribution in [0.1, 0.15) is 72.1 Å². The summed E-state index contributed by atoms with van der Waals surface area (Å²) in [7, 11) is 0. The van der Waals surface area contributed by atoms with Crippen LogP contribution in [0.5, 0.6) is 0 Å². The van der Waals surface area contributed by atoms with Gasteiger partial charge in [-0.1, -0.05) is 58.0 Å². The molecule has 36 heavy (non-hydrogen) atoms. The van der Waals surface area contributed by atoms with E-state index in [0.717, 1.165) is 46.7 Å². The predicted molar refractivity (Wildman–Crippen MR) is 151 cm³/mol. The van der Waals surface area contributed by atoms with Crippen molar-refractivity contribution in [3.63, 3.8) is 0 Å². The van der Waals surface area contributed by atoms with E-state index in [0.29, 0.717) is 18.3 Å². The third-order valence-electron chi connectivity index (χ3n) is 5.59. The standard InChI is InChI=1S/C31H44N2O3/c1-21(2)19-33(20-22(3)4)28-15-14-26(24(6)16-30(35)36-31(7,8)9)17-27(28)32-29(34)18-25-13-11-10-12-23(25)5/h10-17,21-22H,18-20H2,1-9H3,(H,32,34)/b24-16+. The Kier molecular flexibility index (Phi) is 10.3. The molecule has 1 amide bonds. The van der Waals surface area contributed by atoms with Crippen molar-refractivity contribution < 1.29 is 14.3 Å². The van der Waals surface area contributed by atoms with Gasteiger partial charge in [-0.3, -0.25) is 4.79 Å². The van der Waals surface area contributed by atoms with Gasteiger partial charge in [0.2, 0.25) is 5.91 Å². The largest absolute Gasteiger partial charge is 0.457 e. The third kappa shape index (κ3) is 9.52. The lowest BCUT2D eigenvalue weighted by atomic mass is 10.0. The molecule has 196 valence electrons. The summed E-state index contributed by atoms with van der Waals surface area (Å²) < 4.78 is 5.46. The van der Waals surface area contributed by atoms with Crippen LogP contribution in [0, 0.1) is 18.8 Å². The van der Waals surface area contributed by atoms with E-state index in [1.54, 1.807) is 0 Å². The number of ether oxygens (including phenoxy) is 1. The lowest BCUT2D eigenvalue weighted by Gasteiger charge is -2.31. The van der Waals surface area contributed by atoms with Crippen LogP contribution in [0.25, 0.3) is 5.57 Å². The molecule has 0 spiro atoms. The topological polar surface area (TPSA) is 58.6 Å². The van der Waals surface area contributed by atoms with Gasteiger partial charge in [-0.2, -0.15) is 0 Å². The summed E-state index contributed by atoms with van der Waals surface area (Å²) >= 11 is 0. The maximum atomic E-state index is 13.2. The minimum atomic E-state index is -0.555. The maximum absolute atomic E-state index is 13.2. The van der Waals surface area contributed by atoms with Gasteiger partial charge < -0.3 is 15.0 Å². The van der Waals surface area contributed by atoms with Gasteiger partial charge >= 0.3 is 5.97 Å². The number of carbonyl (C=O) groups excluding carboxylic acids is 2. The van der Waals surface area contributed by atoms with Crippen LogP contribution in [0.15, 0.2) is 48.5 Å². The van der Waals surface area contributed by atoms with Gasteiger partial charge in [-0.25, -0.2) is 4.79 Å². The molecule has 0 aliphatic rings. The minimum absolute atomic E-state index is 0.0643. The Balaban J connectivity index is 2.45. The number of rotatable bonds is 10. The molecule has 2 aromatic rings. The van der Waals surface area contributed by atoms with Crippen LogP contribution in [-0.4, -0.2) is 30.6 Å². The monoisotopic (exact) mass is 492 g/mol. The number of hydrogen-bond acceptors (Lipinski definition) is 4. The number of aryl methyl sites for hydroxylation is 1. The molecule has 2 aromatic carbocycles. The molecule has 0 unspecified atom stereocenters. The smallest absolute Gasteiger partial charge is 0.331 e. The van der Waals surface area contributed by atoms with Crippen molar-refractivity contribution >= 4 is 28.8 Å². The van der Waals surface area contributed by atoms with E-state index in [9.17, 15) is 9.59 Å². The minimum Gasteiger partial charge on any atom is -0.457 e. The van der Waals surface area contributed by atoms with E-state index in [2.05, 4.69) is 44.0 Å². The van der Waals surface area contributed by atoms with Crippen LogP contribution in [0.2, 0.25) is 0 Å². The van der Waals surface area contributed by atoms with Crippen molar-refractivity contribution in [3.8, 4) is 0 Å². The van der Waals surface area contributed by atoms with Gasteiger partial charge in [0.25, 0.3) is 0 Å². The van der Waals surface area contributed by atoms with Crippen molar-refractivity contribution in [1.29, 1.82) is 0 Å². The number of esters is 1. The van der Waals surface area contributed by atoms with Gasteiger partial charge in [0.15, 0.2) is 0 Å². The molecule has 0 radical (unpaired) electrons. The van der Waals surface area contributed by atoms with Gasteiger partial charge in [0.1, 0.15) is 5.60 Å². The number of benzene rings is 2. The maximum Gasteiger partial charge on any atom is 0.331 e. The van der Waals surface area contributed by atoms with Crippen molar-refractivity contribution in [2.75, 3.05) is 23.3 Å². The number of carbonyl (C=O) groups is 2. The lowest BCUT2D eigenvalue weighted by molar-refractivity contribution is -0.148. The number of nitrogens with one attached hydrogen (secondary N) is 1. The summed E-state index contributed by atoms with van der Waals surface area (Å²) in [5.74, 6) is 0.487. The van der Waals surface area contributed by atoms with Crippen LogP contribution in [0.4, 0.5) is 11.4 Å². The fourth-order valence-electron chi connectivity index (χ4n) is 4.08. The molecule has 0 bridgehead atoms. The van der Waals surface area contributed by atoms with E-state index >= 15 is 0 Å². The second kappa shape index (κ2) is 12.8. The van der Waals surface area contributed by atoms with E-state index < -0.39 is 5.60 Å². The first-order valence-electron chi connectivity index (χ1n) is 12.9. The van der Waals surface area contributed by atoms with Gasteiger partial charge in [0, 0.05) is 19.2 Å². The SMILES string of the molecule is C/C(=C\C(=O)OC(C)(C)C)c1ccc(N(CC(C)C)CC(C)C)c(NC(=O)Cc2ccccc2C)c1. The van der Waals surface area contributed by atoms with Gasteiger partial charge in [0.05, 0.1) is 17.8 Å². The highest BCUT2D eigenvalue weighted by Gasteiger charge is 2.19. The normalized spacial score (nSPS) is 12.1. The molecule has 0 aliphatic heterocycles. The molecule has 5 nitrogen and oxygen atoms in total. The molecule has 0 atom stereocenters. The summed E-state index contributed by atoms with van der Waals surface area (Å²) in [6.07, 6.45) is 1.82. The molecular formula is C31H44N2O3. The molecule has 0 saturated heterocycles. The Labute approximate surface area is 217 Å². The number of hydrogen-bond donors (Lipinski definition) is 1. The van der Waals surface area contributed by atoms with Gasteiger partial charge in [-0.15, -0.1) is 0 Å². The first-order chi connectivity index (χ1) is 16.7. The Morgan fingerprint density at radius 1 is 1.00 bits per heavy atom. The number of amides is 1. The van der Waals surface area contributed by atoms with Crippen LogP contribution in [0.3, 0.4) is 0 Å². The van der Waals surface area contributed by atoms with E-state index in [4.69, 9.17) is 4.74 Å². The number of nitrogens with zero attached hydrogens (tertiary/aromatic N) is 1. The van der Waals surface area contributed by atoms with E-state index in [1.807, 2.05) is 71.0 Å². The predicted octanol–water partition coefficient (Wildman–Crippen LogP) is 7.04. The van der Waals surface area contributed by atoms with Crippen LogP contribution < -0.4 is 10.2 Å². The van der Waals surface area contributed by atoms with Crippen molar-refractivity contribution in [2.45, 2.75) is 74.3 Å². The number of allylic oxidation sites excluding steroid dienone is 1. The summed E-state index contributed by atoms with van der Waals surface area (Å²) in [6.45, 7) is 20.0. The highest BCUT2D eigenvalue weighted by atomic mass is 16.6. The summed E-state index contributed by atoms with van der Waals surface area (Å²) in [5, 5.41) is 3.18. The molecule has 1 N–H and O–H groups in total. The zero-order valence-corrected chi connectivity index (χ0v) is 23.6. The lowest BCUT2D eigenvalue weighted by Crippen LogP contribution is -2.32. The molecule has 2 rings (SSSR count). The van der Waals surface area contributed by atoms with Crippen LogP contribution >= 0.6 is 0 Å². The second-order valence-electron chi connectivity index (χ2n) is 11.4.